The minimum absolute atomic E-state index is 0.0138. The molecule has 1 aliphatic heterocycles. The van der Waals surface area contributed by atoms with Crippen molar-refractivity contribution >= 4 is 40.3 Å². The van der Waals surface area contributed by atoms with Gasteiger partial charge >= 0.3 is 0 Å². The Kier molecular flexibility index (Phi) is 4.65. The molecule has 0 amide bonds. The second-order valence-corrected chi connectivity index (χ2v) is 7.89. The summed E-state index contributed by atoms with van der Waals surface area (Å²) in [6, 6.07) is 14.0. The van der Waals surface area contributed by atoms with Gasteiger partial charge in [-0.25, -0.2) is 0 Å². The molecule has 3 aromatic rings. The number of aromatic nitrogens is 2. The summed E-state index contributed by atoms with van der Waals surface area (Å²) < 4.78 is 0.772. The first kappa shape index (κ1) is 16.4. The molecule has 0 aromatic carbocycles. The van der Waals surface area contributed by atoms with Gasteiger partial charge in [0.15, 0.2) is 5.11 Å². The van der Waals surface area contributed by atoms with E-state index in [2.05, 4.69) is 32.3 Å². The first-order valence-corrected chi connectivity index (χ1v) is 9.45. The van der Waals surface area contributed by atoms with Gasteiger partial charge in [0, 0.05) is 30.0 Å². The summed E-state index contributed by atoms with van der Waals surface area (Å²) in [6.07, 6.45) is 5.45. The normalized spacial score (nSPS) is 19.9. The zero-order valence-electron chi connectivity index (χ0n) is 13.2. The van der Waals surface area contributed by atoms with Gasteiger partial charge in [-0.05, 0) is 48.1 Å². The number of thiophene rings is 1. The summed E-state index contributed by atoms with van der Waals surface area (Å²) in [5.74, 6) is 0. The number of hydrogen-bond donors (Lipinski definition) is 1. The van der Waals surface area contributed by atoms with Crippen LogP contribution in [0.2, 0.25) is 4.34 Å². The Labute approximate surface area is 160 Å². The molecular weight excluding hydrogens is 372 g/mol. The molecule has 4 heterocycles. The van der Waals surface area contributed by atoms with Crippen LogP contribution in [0.15, 0.2) is 61.1 Å². The minimum atomic E-state index is -0.0138. The zero-order chi connectivity index (χ0) is 17.2. The molecule has 25 heavy (non-hydrogen) atoms. The van der Waals surface area contributed by atoms with Crippen LogP contribution in [0.4, 0.5) is 0 Å². The van der Waals surface area contributed by atoms with Gasteiger partial charge in [-0.3, -0.25) is 9.97 Å². The molecular formula is C18H15ClN4S2. The predicted octanol–water partition coefficient (Wildman–Crippen LogP) is 4.36. The van der Waals surface area contributed by atoms with E-state index in [1.165, 1.54) is 0 Å². The number of rotatable bonds is 4. The lowest BCUT2D eigenvalue weighted by Gasteiger charge is -2.26. The van der Waals surface area contributed by atoms with Crippen LogP contribution < -0.4 is 5.32 Å². The Bertz CT molecular complexity index is 869. The molecule has 0 aliphatic carbocycles. The van der Waals surface area contributed by atoms with Crippen LogP contribution in [0, 0.1) is 0 Å². The Morgan fingerprint density at radius 1 is 1.16 bits per heavy atom. The Hall–Kier alpha value is -2.02. The molecule has 3 aromatic heterocycles. The van der Waals surface area contributed by atoms with E-state index in [4.69, 9.17) is 23.8 Å². The van der Waals surface area contributed by atoms with Crippen LogP contribution in [0.25, 0.3) is 0 Å². The second-order valence-electron chi connectivity index (χ2n) is 5.76. The van der Waals surface area contributed by atoms with Crippen molar-refractivity contribution < 1.29 is 0 Å². The highest BCUT2D eigenvalue weighted by atomic mass is 35.5. The maximum Gasteiger partial charge on any atom is 0.170 e. The van der Waals surface area contributed by atoms with Gasteiger partial charge in [-0.15, -0.1) is 11.3 Å². The Balaban J connectivity index is 1.72. The Morgan fingerprint density at radius 2 is 2.08 bits per heavy atom. The molecule has 4 nitrogen and oxygen atoms in total. The average Bonchev–Trinajstić information content (AvgIpc) is 3.20. The van der Waals surface area contributed by atoms with Crippen LogP contribution in [-0.2, 0) is 6.54 Å². The molecule has 4 rings (SSSR count). The van der Waals surface area contributed by atoms with Gasteiger partial charge in [0.05, 0.1) is 22.1 Å². The second kappa shape index (κ2) is 7.07. The number of nitrogens with zero attached hydrogens (tertiary/aromatic N) is 3. The van der Waals surface area contributed by atoms with Crippen molar-refractivity contribution in [1.29, 1.82) is 0 Å². The third-order valence-electron chi connectivity index (χ3n) is 4.16. The van der Waals surface area contributed by atoms with Gasteiger partial charge < -0.3 is 10.2 Å². The van der Waals surface area contributed by atoms with Crippen molar-refractivity contribution in [3.05, 3.63) is 81.5 Å². The average molecular weight is 387 g/mol. The predicted molar refractivity (Wildman–Crippen MR) is 105 cm³/mol. The monoisotopic (exact) mass is 386 g/mol. The van der Waals surface area contributed by atoms with E-state index < -0.39 is 0 Å². The van der Waals surface area contributed by atoms with E-state index in [1.807, 2.05) is 42.7 Å². The lowest BCUT2D eigenvalue weighted by molar-refractivity contribution is 0.315. The SMILES string of the molecule is S=C1N[C@@H](c2ccccn2)[C@H](c2ccc(Cl)s2)N1Cc1cccnc1. The molecule has 7 heteroatoms. The summed E-state index contributed by atoms with van der Waals surface area (Å²) in [7, 11) is 0. The van der Waals surface area contributed by atoms with Crippen LogP contribution in [0.5, 0.6) is 0 Å². The minimum Gasteiger partial charge on any atom is -0.352 e. The molecule has 2 atom stereocenters. The fraction of sp³-hybridized carbons (Fsp3) is 0.167. The third-order valence-corrected chi connectivity index (χ3v) is 5.81. The van der Waals surface area contributed by atoms with Crippen LogP contribution >= 0.6 is 35.2 Å². The molecule has 126 valence electrons. The van der Waals surface area contributed by atoms with Crippen LogP contribution in [0.3, 0.4) is 0 Å². The van der Waals surface area contributed by atoms with Crippen molar-refractivity contribution in [3.63, 3.8) is 0 Å². The molecule has 0 unspecified atom stereocenters. The molecule has 0 saturated carbocycles. The molecule has 1 fully saturated rings. The number of thiocarbonyl (C=S) groups is 1. The summed E-state index contributed by atoms with van der Waals surface area (Å²) >= 11 is 13.4. The van der Waals surface area contributed by atoms with E-state index >= 15 is 0 Å². The lowest BCUT2D eigenvalue weighted by Crippen LogP contribution is -2.28. The van der Waals surface area contributed by atoms with Gasteiger partial charge in [0.2, 0.25) is 0 Å². The number of hydrogen-bond acceptors (Lipinski definition) is 4. The molecule has 0 bridgehead atoms. The maximum atomic E-state index is 6.20. The number of pyridine rings is 2. The van der Waals surface area contributed by atoms with Crippen molar-refractivity contribution in [2.45, 2.75) is 18.6 Å². The van der Waals surface area contributed by atoms with Crippen molar-refractivity contribution in [1.82, 2.24) is 20.2 Å². The lowest BCUT2D eigenvalue weighted by atomic mass is 10.0. The molecule has 1 N–H and O–H groups in total. The van der Waals surface area contributed by atoms with Gasteiger partial charge in [-0.2, -0.15) is 0 Å². The maximum absolute atomic E-state index is 6.20. The summed E-state index contributed by atoms with van der Waals surface area (Å²) in [6.45, 7) is 0.684. The highest BCUT2D eigenvalue weighted by Gasteiger charge is 2.40. The molecule has 0 radical (unpaired) electrons. The highest BCUT2D eigenvalue weighted by molar-refractivity contribution is 7.80. The van der Waals surface area contributed by atoms with Crippen LogP contribution in [0.1, 0.15) is 28.2 Å². The summed E-state index contributed by atoms with van der Waals surface area (Å²) in [5.41, 5.74) is 2.08. The van der Waals surface area contributed by atoms with Crippen molar-refractivity contribution in [2.24, 2.45) is 0 Å². The van der Waals surface area contributed by atoms with E-state index in [1.54, 1.807) is 17.5 Å². The summed E-state index contributed by atoms with van der Waals surface area (Å²) in [4.78, 5) is 12.1. The molecule has 1 saturated heterocycles. The fourth-order valence-electron chi connectivity index (χ4n) is 3.06. The smallest absolute Gasteiger partial charge is 0.170 e. The first-order chi connectivity index (χ1) is 12.2. The topological polar surface area (TPSA) is 41.1 Å². The van der Waals surface area contributed by atoms with Crippen molar-refractivity contribution in [3.8, 4) is 0 Å². The number of halogens is 1. The molecule has 1 aliphatic rings. The third kappa shape index (κ3) is 3.38. The van der Waals surface area contributed by atoms with E-state index in [0.29, 0.717) is 11.7 Å². The van der Waals surface area contributed by atoms with Gasteiger partial charge in [0.1, 0.15) is 0 Å². The van der Waals surface area contributed by atoms with E-state index in [-0.39, 0.29) is 12.1 Å². The van der Waals surface area contributed by atoms with E-state index in [9.17, 15) is 0 Å². The van der Waals surface area contributed by atoms with E-state index in [0.717, 1.165) is 20.5 Å². The molecule has 0 spiro atoms. The standard InChI is InChI=1S/C18H15ClN4S2/c19-15-7-6-14(25-15)17-16(13-5-1-2-9-21-13)22-18(24)23(17)11-12-4-3-8-20-10-12/h1-10,16-17H,11H2,(H,22,24)/t16-,17-/m0/s1. The quantitative estimate of drug-likeness (QED) is 0.674. The van der Waals surface area contributed by atoms with Gasteiger partial charge in [0.25, 0.3) is 0 Å². The van der Waals surface area contributed by atoms with Crippen molar-refractivity contribution in [2.75, 3.05) is 0 Å². The van der Waals surface area contributed by atoms with Gasteiger partial charge in [-0.1, -0.05) is 23.7 Å². The number of nitrogens with one attached hydrogen (secondary N) is 1. The van der Waals surface area contributed by atoms with Crippen LogP contribution in [-0.4, -0.2) is 20.0 Å². The summed E-state index contributed by atoms with van der Waals surface area (Å²) in [5, 5.41) is 4.15. The zero-order valence-corrected chi connectivity index (χ0v) is 15.6. The Morgan fingerprint density at radius 3 is 2.76 bits per heavy atom. The fourth-order valence-corrected chi connectivity index (χ4v) is 4.58. The first-order valence-electron chi connectivity index (χ1n) is 7.84. The highest BCUT2D eigenvalue weighted by Crippen LogP contribution is 2.42. The largest absolute Gasteiger partial charge is 0.352 e.